The zero-order valence-electron chi connectivity index (χ0n) is 11.8. The second-order valence-electron chi connectivity index (χ2n) is 4.99. The van der Waals surface area contributed by atoms with Crippen molar-refractivity contribution in [2.24, 2.45) is 0 Å². The van der Waals surface area contributed by atoms with Crippen LogP contribution in [0.2, 0.25) is 0 Å². The molecule has 0 unspecified atom stereocenters. The Morgan fingerprint density at radius 1 is 1.13 bits per heavy atom. The fraction of sp³-hybridized carbons (Fsp3) is 0.188. The summed E-state index contributed by atoms with van der Waals surface area (Å²) in [5.74, 6) is 0. The maximum absolute atomic E-state index is 12.7. The quantitative estimate of drug-likeness (QED) is 0.677. The average molecular weight is 385 g/mol. The molecule has 0 saturated carbocycles. The van der Waals surface area contributed by atoms with Crippen LogP contribution in [-0.4, -0.2) is 31.2 Å². The molecule has 1 heterocycles. The monoisotopic (exact) mass is 386 g/mol. The Labute approximate surface area is 136 Å². The Kier molecular flexibility index (Phi) is 4.43. The predicted octanol–water partition coefficient (Wildman–Crippen LogP) is 3.46. The summed E-state index contributed by atoms with van der Waals surface area (Å²) in [6.45, 7) is -0.122. The topological polar surface area (TPSA) is 45.1 Å². The molecule has 2 aromatic carbocycles. The number of halogens is 3. The number of nitrogens with one attached hydrogen (secondary N) is 1. The second kappa shape index (κ2) is 6.35. The predicted molar refractivity (Wildman–Crippen MR) is 83.6 cm³/mol. The number of aromatic nitrogens is 1. The Bertz CT molecular complexity index is 802. The fourth-order valence-electron chi connectivity index (χ4n) is 2.23. The van der Waals surface area contributed by atoms with Gasteiger partial charge in [-0.05, 0) is 0 Å². The number of aliphatic hydroxyl groups is 1. The molecule has 0 spiro atoms. The summed E-state index contributed by atoms with van der Waals surface area (Å²) in [4.78, 5) is 4.26. The van der Waals surface area contributed by atoms with E-state index in [2.05, 4.69) is 10.3 Å². The van der Waals surface area contributed by atoms with Crippen LogP contribution in [0.1, 0.15) is 17.2 Å². The Morgan fingerprint density at radius 2 is 1.87 bits per heavy atom. The van der Waals surface area contributed by atoms with Gasteiger partial charge in [0.1, 0.15) is 0 Å². The van der Waals surface area contributed by atoms with Crippen molar-refractivity contribution >= 4 is 29.0 Å². The van der Waals surface area contributed by atoms with Gasteiger partial charge in [-0.2, -0.15) is 0 Å². The number of anilines is 1. The summed E-state index contributed by atoms with van der Waals surface area (Å²) in [5.41, 5.74) is 0.561. The third-order valence-electron chi connectivity index (χ3n) is 3.40. The number of aliphatic hydroxyl groups excluding tert-OH is 1. The Balaban J connectivity index is 1.88. The molecule has 23 heavy (non-hydrogen) atoms. The van der Waals surface area contributed by atoms with Crippen LogP contribution in [0.4, 0.5) is 17.9 Å². The first-order chi connectivity index (χ1) is 11.0. The van der Waals surface area contributed by atoms with Crippen LogP contribution in [0.15, 0.2) is 48.5 Å². The summed E-state index contributed by atoms with van der Waals surface area (Å²) in [7, 11) is 0. The van der Waals surface area contributed by atoms with Crippen molar-refractivity contribution in [3.05, 3.63) is 59.7 Å². The van der Waals surface area contributed by atoms with Gasteiger partial charge in [0.2, 0.25) is 0 Å². The third kappa shape index (κ3) is 3.58. The molecular formula is C16H13F3N2OSe. The number of hydrogen-bond acceptors (Lipinski definition) is 3. The van der Waals surface area contributed by atoms with Crippen LogP contribution in [-0.2, 0) is 6.18 Å². The Morgan fingerprint density at radius 3 is 2.52 bits per heavy atom. The molecule has 0 fully saturated rings. The van der Waals surface area contributed by atoms with E-state index >= 15 is 0 Å². The van der Waals surface area contributed by atoms with Crippen molar-refractivity contribution < 1.29 is 18.3 Å². The van der Waals surface area contributed by atoms with E-state index in [1.54, 1.807) is 0 Å². The molecule has 0 aliphatic carbocycles. The van der Waals surface area contributed by atoms with Crippen LogP contribution in [0.25, 0.3) is 9.78 Å². The molecule has 1 aromatic heterocycles. The van der Waals surface area contributed by atoms with E-state index in [1.165, 1.54) is 6.07 Å². The van der Waals surface area contributed by atoms with Gasteiger partial charge in [0, 0.05) is 0 Å². The summed E-state index contributed by atoms with van der Waals surface area (Å²) in [6.07, 6.45) is -4.37. The average Bonchev–Trinajstić information content (AvgIpc) is 2.94. The van der Waals surface area contributed by atoms with E-state index in [0.717, 1.165) is 22.0 Å². The summed E-state index contributed by atoms with van der Waals surface area (Å²) >= 11 is -0.193. The molecule has 3 aromatic rings. The molecule has 2 N–H and O–H groups in total. The molecule has 0 saturated heterocycles. The molecule has 7 heteroatoms. The van der Waals surface area contributed by atoms with Gasteiger partial charge in [-0.15, -0.1) is 0 Å². The van der Waals surface area contributed by atoms with Gasteiger partial charge in [0.05, 0.1) is 0 Å². The molecule has 3 nitrogen and oxygen atoms in total. The van der Waals surface area contributed by atoms with Crippen LogP contribution < -0.4 is 5.32 Å². The first-order valence-electron chi connectivity index (χ1n) is 6.87. The molecule has 3 rings (SSSR count). The number of nitrogens with zero attached hydrogens (tertiary/aromatic N) is 1. The van der Waals surface area contributed by atoms with Gasteiger partial charge in [-0.3, -0.25) is 0 Å². The van der Waals surface area contributed by atoms with Crippen LogP contribution in [0, 0.1) is 0 Å². The number of fused-ring (bicyclic) bond motifs is 1. The van der Waals surface area contributed by atoms with Crippen LogP contribution in [0.3, 0.4) is 0 Å². The van der Waals surface area contributed by atoms with E-state index in [4.69, 9.17) is 0 Å². The van der Waals surface area contributed by atoms with Crippen LogP contribution in [0.5, 0.6) is 0 Å². The molecule has 0 aliphatic heterocycles. The number of benzene rings is 2. The van der Waals surface area contributed by atoms with Gasteiger partial charge in [0.25, 0.3) is 0 Å². The van der Waals surface area contributed by atoms with Crippen molar-refractivity contribution in [1.82, 2.24) is 4.98 Å². The molecule has 1 atom stereocenters. The molecule has 0 aliphatic rings. The summed E-state index contributed by atoms with van der Waals surface area (Å²) in [6, 6.07) is 12.7. The number of hydrogen-bond donors (Lipinski definition) is 2. The van der Waals surface area contributed by atoms with Gasteiger partial charge < -0.3 is 0 Å². The van der Waals surface area contributed by atoms with Crippen molar-refractivity contribution in [3.8, 4) is 0 Å². The fourth-order valence-corrected chi connectivity index (χ4v) is 4.12. The summed E-state index contributed by atoms with van der Waals surface area (Å²) < 4.78 is 39.7. The van der Waals surface area contributed by atoms with Gasteiger partial charge in [-0.25, -0.2) is 0 Å². The van der Waals surface area contributed by atoms with Crippen molar-refractivity contribution in [2.75, 3.05) is 11.9 Å². The SMILES string of the molecule is OC[C@H](Nc1nc2cc(C(F)(F)F)ccc2[se]1)c1ccccc1. The van der Waals surface area contributed by atoms with Gasteiger partial charge in [-0.1, -0.05) is 0 Å². The molecule has 0 amide bonds. The first kappa shape index (κ1) is 16.1. The van der Waals surface area contributed by atoms with Crippen LogP contribution >= 0.6 is 0 Å². The Hall–Kier alpha value is -1.82. The van der Waals surface area contributed by atoms with E-state index in [0.29, 0.717) is 10.2 Å². The summed E-state index contributed by atoms with van der Waals surface area (Å²) in [5, 5.41) is 12.7. The second-order valence-corrected chi connectivity index (χ2v) is 7.15. The minimum absolute atomic E-state index is 0.122. The van der Waals surface area contributed by atoms with E-state index in [1.807, 2.05) is 30.3 Å². The van der Waals surface area contributed by atoms with E-state index < -0.39 is 11.7 Å². The third-order valence-corrected chi connectivity index (χ3v) is 5.43. The number of rotatable bonds is 4. The zero-order valence-corrected chi connectivity index (χ0v) is 13.6. The van der Waals surface area contributed by atoms with Crippen molar-refractivity contribution in [3.63, 3.8) is 0 Å². The molecule has 0 bridgehead atoms. The minimum atomic E-state index is -4.37. The van der Waals surface area contributed by atoms with E-state index in [9.17, 15) is 18.3 Å². The zero-order chi connectivity index (χ0) is 16.4. The maximum atomic E-state index is 12.7. The standard InChI is InChI=1S/C16H13F3N2OSe/c17-16(18,19)11-6-7-14-12(8-11)20-15(23-14)21-13(9-22)10-4-2-1-3-5-10/h1-8,13,22H,9H2,(H,20,21)/t13-/m0/s1. The molecule has 0 radical (unpaired) electrons. The van der Waals surface area contributed by atoms with Gasteiger partial charge >= 0.3 is 136 Å². The van der Waals surface area contributed by atoms with Crippen molar-refractivity contribution in [2.45, 2.75) is 12.2 Å². The van der Waals surface area contributed by atoms with Gasteiger partial charge in [0.15, 0.2) is 0 Å². The normalized spacial score (nSPS) is 13.2. The van der Waals surface area contributed by atoms with Crippen molar-refractivity contribution in [1.29, 1.82) is 0 Å². The first-order valence-corrected chi connectivity index (χ1v) is 8.59. The number of alkyl halides is 3. The molecular weight excluding hydrogens is 372 g/mol. The molecule has 120 valence electrons. The van der Waals surface area contributed by atoms with E-state index in [-0.39, 0.29) is 27.2 Å².